The first kappa shape index (κ1) is 30.4. The number of Topliss-reactive ketones (excluding diaryl/α,β-unsaturated/α-hetero) is 4. The molecular formula is C35H38O8. The number of carbonyl (C=O) groups excluding carboxylic acids is 4. The van der Waals surface area contributed by atoms with Crippen molar-refractivity contribution in [3.05, 3.63) is 86.9 Å². The lowest BCUT2D eigenvalue weighted by Crippen LogP contribution is -2.67. The maximum absolute atomic E-state index is 14.2. The lowest BCUT2D eigenvalue weighted by atomic mass is 9.44. The van der Waals surface area contributed by atoms with Gasteiger partial charge in [0.1, 0.15) is 28.6 Å². The Balaban J connectivity index is 1.61. The predicted molar refractivity (Wildman–Crippen MR) is 159 cm³/mol. The smallest absolute Gasteiger partial charge is 0.209 e. The lowest BCUT2D eigenvalue weighted by Gasteiger charge is -2.59. The van der Waals surface area contributed by atoms with Gasteiger partial charge in [0.25, 0.3) is 0 Å². The van der Waals surface area contributed by atoms with Crippen LogP contribution < -0.4 is 0 Å². The number of allylic oxidation sites excluding steroid dienone is 2. The number of phenols is 1. The standard InChI is InChI=1S/C35H38O8/c1-17(2)26-29(39)24(19(4)36)31(41)35(43)32(42)27-30(40)25-22(15-33(27,5)16-34(26,35)6)12-11-21(28(25)38)14-23(37)13-20-9-7-18(3)8-10-20/h7-12,17,26,38-39,42-43H,13-16H2,1-6H3/t26?,33-,34-,35+/m1/s1. The van der Waals surface area contributed by atoms with Crippen LogP contribution in [0.15, 0.2) is 59.1 Å². The maximum Gasteiger partial charge on any atom is 0.209 e. The number of hydrogen-bond donors (Lipinski definition) is 4. The van der Waals surface area contributed by atoms with E-state index in [2.05, 4.69) is 0 Å². The molecule has 0 bridgehead atoms. The number of aromatic hydroxyl groups is 1. The van der Waals surface area contributed by atoms with Crippen LogP contribution >= 0.6 is 0 Å². The summed E-state index contributed by atoms with van der Waals surface area (Å²) in [7, 11) is 0. The fourth-order valence-electron chi connectivity index (χ4n) is 8.12. The van der Waals surface area contributed by atoms with Crippen LogP contribution in [-0.2, 0) is 33.6 Å². The van der Waals surface area contributed by atoms with Crippen LogP contribution in [0.1, 0.15) is 73.7 Å². The molecule has 8 nitrogen and oxygen atoms in total. The average Bonchev–Trinajstić information content (AvgIpc) is 2.88. The molecule has 0 amide bonds. The van der Waals surface area contributed by atoms with Crippen LogP contribution in [0.3, 0.4) is 0 Å². The number of hydrogen-bond acceptors (Lipinski definition) is 8. The van der Waals surface area contributed by atoms with Gasteiger partial charge >= 0.3 is 0 Å². The van der Waals surface area contributed by atoms with Crippen molar-refractivity contribution in [2.24, 2.45) is 22.7 Å². The molecule has 8 heteroatoms. The van der Waals surface area contributed by atoms with Crippen molar-refractivity contribution in [2.75, 3.05) is 0 Å². The fraction of sp³-hybridized carbons (Fsp3) is 0.429. The van der Waals surface area contributed by atoms with Gasteiger partial charge in [0.15, 0.2) is 17.2 Å². The number of carbonyl (C=O) groups is 4. The molecule has 0 radical (unpaired) electrons. The SMILES string of the molecule is CC(=O)C1=C(O)C(C(C)C)[C@@]2(C)C[C@@]3(C)Cc4ccc(CC(=O)Cc5ccc(C)cc5)c(O)c4C(=O)C3=C(O)[C@@]2(O)C1=O. The van der Waals surface area contributed by atoms with E-state index in [0.717, 1.165) is 18.1 Å². The van der Waals surface area contributed by atoms with Crippen molar-refractivity contribution < 1.29 is 39.6 Å². The minimum Gasteiger partial charge on any atom is -0.511 e. The highest BCUT2D eigenvalue weighted by atomic mass is 16.3. The summed E-state index contributed by atoms with van der Waals surface area (Å²) in [6.07, 6.45) is 0.249. The van der Waals surface area contributed by atoms with Gasteiger partial charge in [-0.1, -0.05) is 69.7 Å². The third kappa shape index (κ3) is 4.29. The van der Waals surface area contributed by atoms with Gasteiger partial charge in [-0.05, 0) is 43.7 Å². The summed E-state index contributed by atoms with van der Waals surface area (Å²) in [5.74, 6) is -5.68. The van der Waals surface area contributed by atoms with Gasteiger partial charge in [0.05, 0.1) is 5.56 Å². The maximum atomic E-state index is 14.2. The zero-order valence-electron chi connectivity index (χ0n) is 25.4. The Morgan fingerprint density at radius 1 is 0.977 bits per heavy atom. The molecule has 0 saturated carbocycles. The van der Waals surface area contributed by atoms with E-state index in [4.69, 9.17) is 0 Å². The summed E-state index contributed by atoms with van der Waals surface area (Å²) in [6, 6.07) is 10.9. The van der Waals surface area contributed by atoms with Gasteiger partial charge in [0, 0.05) is 40.7 Å². The van der Waals surface area contributed by atoms with Crippen LogP contribution in [0.25, 0.3) is 0 Å². The van der Waals surface area contributed by atoms with E-state index < -0.39 is 56.8 Å². The topological polar surface area (TPSA) is 149 Å². The predicted octanol–water partition coefficient (Wildman–Crippen LogP) is 5.01. The molecule has 2 aromatic rings. The molecule has 0 fully saturated rings. The molecule has 4 atom stereocenters. The number of fused-ring (bicyclic) bond motifs is 3. The molecule has 0 aliphatic heterocycles. The van der Waals surface area contributed by atoms with Crippen molar-refractivity contribution in [2.45, 2.75) is 72.8 Å². The van der Waals surface area contributed by atoms with Crippen LogP contribution in [0.4, 0.5) is 0 Å². The Bertz CT molecular complexity index is 1660. The Morgan fingerprint density at radius 3 is 2.19 bits per heavy atom. The summed E-state index contributed by atoms with van der Waals surface area (Å²) in [5, 5.41) is 46.4. The van der Waals surface area contributed by atoms with Crippen LogP contribution in [0.5, 0.6) is 5.75 Å². The summed E-state index contributed by atoms with van der Waals surface area (Å²) in [5.41, 5.74) is -3.42. The molecule has 2 aromatic carbocycles. The highest BCUT2D eigenvalue weighted by Gasteiger charge is 2.71. The molecule has 4 N–H and O–H groups in total. The van der Waals surface area contributed by atoms with Crippen molar-refractivity contribution in [3.8, 4) is 5.75 Å². The van der Waals surface area contributed by atoms with Gasteiger partial charge < -0.3 is 20.4 Å². The number of rotatable bonds is 6. The van der Waals surface area contributed by atoms with Crippen molar-refractivity contribution in [1.82, 2.24) is 0 Å². The van der Waals surface area contributed by atoms with Gasteiger partial charge in [0.2, 0.25) is 5.78 Å². The first-order valence-corrected chi connectivity index (χ1v) is 14.6. The largest absolute Gasteiger partial charge is 0.511 e. The first-order chi connectivity index (χ1) is 20.0. The Morgan fingerprint density at radius 2 is 1.60 bits per heavy atom. The highest BCUT2D eigenvalue weighted by molar-refractivity contribution is 6.25. The normalized spacial score (nSPS) is 28.5. The quantitative estimate of drug-likeness (QED) is 0.345. The van der Waals surface area contributed by atoms with Crippen molar-refractivity contribution >= 4 is 23.1 Å². The fourth-order valence-corrected chi connectivity index (χ4v) is 8.12. The van der Waals surface area contributed by atoms with Gasteiger partial charge in [-0.3, -0.25) is 19.2 Å². The highest BCUT2D eigenvalue weighted by Crippen LogP contribution is 2.65. The molecule has 3 aliphatic carbocycles. The number of ketones is 4. The van der Waals surface area contributed by atoms with Crippen molar-refractivity contribution in [3.63, 3.8) is 0 Å². The summed E-state index contributed by atoms with van der Waals surface area (Å²) in [6.45, 7) is 9.99. The Kier molecular flexibility index (Phi) is 7.08. The van der Waals surface area contributed by atoms with Crippen molar-refractivity contribution in [1.29, 1.82) is 0 Å². The number of aliphatic hydroxyl groups is 3. The Hall–Kier alpha value is -4.04. The van der Waals surface area contributed by atoms with Crippen LogP contribution in [0, 0.1) is 29.6 Å². The lowest BCUT2D eigenvalue weighted by molar-refractivity contribution is -0.171. The van der Waals surface area contributed by atoms with E-state index in [1.807, 2.05) is 31.2 Å². The van der Waals surface area contributed by atoms with Gasteiger partial charge in [-0.25, -0.2) is 0 Å². The molecule has 0 aromatic heterocycles. The van der Waals surface area contributed by atoms with E-state index in [0.29, 0.717) is 5.56 Å². The second kappa shape index (κ2) is 10.0. The molecule has 5 rings (SSSR count). The summed E-state index contributed by atoms with van der Waals surface area (Å²) >= 11 is 0. The van der Waals surface area contributed by atoms with Crippen LogP contribution in [-0.4, -0.2) is 49.2 Å². The van der Waals surface area contributed by atoms with Gasteiger partial charge in [-0.2, -0.15) is 0 Å². The zero-order chi connectivity index (χ0) is 31.8. The van der Waals surface area contributed by atoms with E-state index >= 15 is 0 Å². The minimum atomic E-state index is -2.66. The average molecular weight is 587 g/mol. The number of aryl methyl sites for hydroxylation is 1. The molecule has 0 saturated heterocycles. The first-order valence-electron chi connectivity index (χ1n) is 14.6. The zero-order valence-corrected chi connectivity index (χ0v) is 25.4. The van der Waals surface area contributed by atoms with E-state index in [1.165, 1.54) is 0 Å². The molecular weight excluding hydrogens is 548 g/mol. The molecule has 3 aliphatic rings. The van der Waals surface area contributed by atoms with Crippen LogP contribution in [0.2, 0.25) is 0 Å². The monoisotopic (exact) mass is 586 g/mol. The molecule has 226 valence electrons. The third-order valence-electron chi connectivity index (χ3n) is 9.87. The molecule has 1 unspecified atom stereocenters. The Labute approximate surface area is 250 Å². The second-order valence-corrected chi connectivity index (χ2v) is 13.4. The number of benzene rings is 2. The number of aliphatic hydroxyl groups excluding tert-OH is 2. The summed E-state index contributed by atoms with van der Waals surface area (Å²) in [4.78, 5) is 53.4. The van der Waals surface area contributed by atoms with Gasteiger partial charge in [-0.15, -0.1) is 0 Å². The minimum absolute atomic E-state index is 0.0302. The summed E-state index contributed by atoms with van der Waals surface area (Å²) < 4.78 is 0. The van der Waals surface area contributed by atoms with E-state index in [1.54, 1.807) is 39.8 Å². The molecule has 0 spiro atoms. The van der Waals surface area contributed by atoms with E-state index in [-0.39, 0.29) is 59.8 Å². The third-order valence-corrected chi connectivity index (χ3v) is 9.87. The molecule has 0 heterocycles. The second-order valence-electron chi connectivity index (χ2n) is 13.4. The van der Waals surface area contributed by atoms with E-state index in [9.17, 15) is 39.6 Å². The number of phenolic OH excluding ortho intramolecular Hbond substituents is 1. The molecule has 43 heavy (non-hydrogen) atoms.